The summed E-state index contributed by atoms with van der Waals surface area (Å²) in [6.07, 6.45) is 1.35. The SMILES string of the molecule is COc1ccc(CO[N+](Cl)=C(C)c2ccc(O)cn2)cc1. The van der Waals surface area contributed by atoms with Crippen molar-refractivity contribution in [2.75, 3.05) is 7.11 Å². The lowest BCUT2D eigenvalue weighted by molar-refractivity contribution is -0.688. The molecule has 1 N–H and O–H groups in total. The lowest BCUT2D eigenvalue weighted by Crippen LogP contribution is -2.13. The number of hydrogen-bond donors (Lipinski definition) is 1. The molecule has 0 radical (unpaired) electrons. The summed E-state index contributed by atoms with van der Waals surface area (Å²) in [4.78, 5) is 9.53. The van der Waals surface area contributed by atoms with E-state index >= 15 is 0 Å². The van der Waals surface area contributed by atoms with Crippen LogP contribution in [-0.4, -0.2) is 27.2 Å². The van der Waals surface area contributed by atoms with Crippen molar-refractivity contribution in [3.63, 3.8) is 0 Å². The number of rotatable bonds is 5. The molecule has 110 valence electrons. The highest BCUT2D eigenvalue weighted by Crippen LogP contribution is 2.13. The Labute approximate surface area is 128 Å². The monoisotopic (exact) mass is 307 g/mol. The third kappa shape index (κ3) is 4.10. The van der Waals surface area contributed by atoms with Gasteiger partial charge in [-0.2, -0.15) is 0 Å². The molecule has 0 aliphatic carbocycles. The van der Waals surface area contributed by atoms with E-state index in [-0.39, 0.29) is 5.75 Å². The predicted molar refractivity (Wildman–Crippen MR) is 79.6 cm³/mol. The van der Waals surface area contributed by atoms with Crippen LogP contribution in [0.25, 0.3) is 0 Å². The Bertz CT molecular complexity index is 624. The maximum Gasteiger partial charge on any atom is 0.319 e. The fraction of sp³-hybridized carbons (Fsp3) is 0.200. The van der Waals surface area contributed by atoms with E-state index in [2.05, 4.69) is 4.98 Å². The van der Waals surface area contributed by atoms with Crippen LogP contribution in [0.4, 0.5) is 0 Å². The molecule has 0 fully saturated rings. The van der Waals surface area contributed by atoms with Crippen LogP contribution in [0.2, 0.25) is 0 Å². The van der Waals surface area contributed by atoms with Gasteiger partial charge in [0.25, 0.3) is 5.71 Å². The van der Waals surface area contributed by atoms with Crippen LogP contribution in [0.3, 0.4) is 0 Å². The summed E-state index contributed by atoms with van der Waals surface area (Å²) in [7, 11) is 1.62. The Morgan fingerprint density at radius 3 is 2.52 bits per heavy atom. The zero-order chi connectivity index (χ0) is 15.2. The lowest BCUT2D eigenvalue weighted by Gasteiger charge is -2.02. The molecule has 0 atom stereocenters. The average Bonchev–Trinajstić information content (AvgIpc) is 2.53. The molecule has 21 heavy (non-hydrogen) atoms. The van der Waals surface area contributed by atoms with Gasteiger partial charge in [0.15, 0.2) is 6.61 Å². The van der Waals surface area contributed by atoms with Crippen LogP contribution in [0, 0.1) is 0 Å². The number of nitrogens with zero attached hydrogens (tertiary/aromatic N) is 2. The van der Waals surface area contributed by atoms with Crippen LogP contribution >= 0.6 is 11.8 Å². The van der Waals surface area contributed by atoms with Gasteiger partial charge in [0, 0.05) is 6.92 Å². The highest BCUT2D eigenvalue weighted by atomic mass is 35.5. The minimum Gasteiger partial charge on any atom is -0.506 e. The number of aromatic hydroxyl groups is 1. The Morgan fingerprint density at radius 1 is 1.24 bits per heavy atom. The zero-order valence-corrected chi connectivity index (χ0v) is 12.5. The highest BCUT2D eigenvalue weighted by Gasteiger charge is 2.15. The van der Waals surface area contributed by atoms with Crippen molar-refractivity contribution in [2.45, 2.75) is 13.5 Å². The zero-order valence-electron chi connectivity index (χ0n) is 11.8. The molecule has 0 saturated heterocycles. The Balaban J connectivity index is 2.03. The minimum atomic E-state index is 0.104. The van der Waals surface area contributed by atoms with Crippen LogP contribution in [0.15, 0.2) is 42.6 Å². The molecule has 0 saturated carbocycles. The fourth-order valence-electron chi connectivity index (χ4n) is 1.64. The van der Waals surface area contributed by atoms with Crippen molar-refractivity contribution in [1.82, 2.24) is 4.98 Å². The first-order valence-corrected chi connectivity index (χ1v) is 6.64. The smallest absolute Gasteiger partial charge is 0.319 e. The van der Waals surface area contributed by atoms with Crippen molar-refractivity contribution < 1.29 is 18.9 Å². The molecule has 5 nitrogen and oxygen atoms in total. The second kappa shape index (κ2) is 6.95. The van der Waals surface area contributed by atoms with Gasteiger partial charge in [-0.1, -0.05) is 12.1 Å². The summed E-state index contributed by atoms with van der Waals surface area (Å²) >= 11 is 6.06. The molecular formula is C15H16ClN2O3+. The van der Waals surface area contributed by atoms with Gasteiger partial charge in [-0.3, -0.25) is 4.84 Å². The Hall–Kier alpha value is -2.27. The van der Waals surface area contributed by atoms with Crippen LogP contribution in [-0.2, 0) is 11.4 Å². The molecule has 2 rings (SSSR count). The summed E-state index contributed by atoms with van der Waals surface area (Å²) in [5.74, 6) is 0.893. The first kappa shape index (κ1) is 15.1. The van der Waals surface area contributed by atoms with E-state index in [1.807, 2.05) is 24.3 Å². The molecule has 6 heteroatoms. The van der Waals surface area contributed by atoms with E-state index in [0.717, 1.165) is 15.6 Å². The van der Waals surface area contributed by atoms with Crippen molar-refractivity contribution in [3.05, 3.63) is 53.9 Å². The topological polar surface area (TPSA) is 54.6 Å². The van der Waals surface area contributed by atoms with Gasteiger partial charge in [-0.15, -0.1) is 0 Å². The molecule has 1 aromatic heterocycles. The largest absolute Gasteiger partial charge is 0.506 e. The van der Waals surface area contributed by atoms with Gasteiger partial charge in [0.2, 0.25) is 0 Å². The van der Waals surface area contributed by atoms with Crippen molar-refractivity contribution >= 4 is 17.5 Å². The molecule has 0 spiro atoms. The second-order valence-electron chi connectivity index (χ2n) is 4.35. The summed E-state index contributed by atoms with van der Waals surface area (Å²) in [5.41, 5.74) is 2.22. The van der Waals surface area contributed by atoms with E-state index in [0.29, 0.717) is 18.0 Å². The Morgan fingerprint density at radius 2 is 1.95 bits per heavy atom. The van der Waals surface area contributed by atoms with Crippen molar-refractivity contribution in [1.29, 1.82) is 0 Å². The molecule has 1 heterocycles. The van der Waals surface area contributed by atoms with Gasteiger partial charge in [0.05, 0.1) is 17.6 Å². The Kier molecular flexibility index (Phi) is 5.00. The molecular weight excluding hydrogens is 292 g/mol. The molecule has 0 aliphatic rings. The fourth-order valence-corrected chi connectivity index (χ4v) is 1.78. The standard InChI is InChI=1S/C15H15ClN2O3/c1-11(15-8-5-13(19)9-17-15)18(16)21-10-12-3-6-14(20-2)7-4-12/h3-9H,10H2,1-2H3/p+1. The van der Waals surface area contributed by atoms with Gasteiger partial charge in [-0.05, 0) is 29.8 Å². The predicted octanol–water partition coefficient (Wildman–Crippen LogP) is 2.90. The molecule has 0 bridgehead atoms. The summed E-state index contributed by atoms with van der Waals surface area (Å²) in [6.45, 7) is 2.10. The van der Waals surface area contributed by atoms with E-state index < -0.39 is 0 Å². The highest BCUT2D eigenvalue weighted by molar-refractivity contribution is 6.10. The molecule has 1 aromatic carbocycles. The minimum absolute atomic E-state index is 0.104. The van der Waals surface area contributed by atoms with E-state index in [1.54, 1.807) is 26.2 Å². The lowest BCUT2D eigenvalue weighted by atomic mass is 10.2. The van der Waals surface area contributed by atoms with Crippen LogP contribution in [0.1, 0.15) is 18.2 Å². The van der Waals surface area contributed by atoms with Gasteiger partial charge in [0.1, 0.15) is 17.2 Å². The normalized spacial score (nSPS) is 11.8. The number of ether oxygens (including phenoxy) is 1. The number of hydrogen-bond acceptors (Lipinski definition) is 4. The first-order valence-electron chi connectivity index (χ1n) is 6.31. The third-order valence-electron chi connectivity index (χ3n) is 2.89. The maximum absolute atomic E-state index is 9.21. The third-order valence-corrected chi connectivity index (χ3v) is 3.24. The van der Waals surface area contributed by atoms with Gasteiger partial charge >= 0.3 is 11.8 Å². The van der Waals surface area contributed by atoms with Gasteiger partial charge < -0.3 is 9.84 Å². The summed E-state index contributed by atoms with van der Waals surface area (Å²) < 4.78 is 6.23. The van der Waals surface area contributed by atoms with E-state index in [9.17, 15) is 5.11 Å². The van der Waals surface area contributed by atoms with E-state index in [1.165, 1.54) is 6.20 Å². The second-order valence-corrected chi connectivity index (χ2v) is 4.66. The van der Waals surface area contributed by atoms with Crippen LogP contribution in [0.5, 0.6) is 11.5 Å². The first-order chi connectivity index (χ1) is 10.1. The molecule has 2 aromatic rings. The summed E-state index contributed by atoms with van der Waals surface area (Å²) in [5, 5.41) is 9.21. The van der Waals surface area contributed by atoms with Crippen molar-refractivity contribution in [2.24, 2.45) is 0 Å². The number of methoxy groups -OCH3 is 1. The molecule has 0 amide bonds. The maximum atomic E-state index is 9.21. The van der Waals surface area contributed by atoms with Crippen LogP contribution < -0.4 is 4.74 Å². The van der Waals surface area contributed by atoms with E-state index in [4.69, 9.17) is 21.4 Å². The average molecular weight is 308 g/mol. The van der Waals surface area contributed by atoms with Crippen molar-refractivity contribution in [3.8, 4) is 11.5 Å². The van der Waals surface area contributed by atoms with Gasteiger partial charge in [-0.25, -0.2) is 4.98 Å². The quantitative estimate of drug-likeness (QED) is 0.524. The number of pyridine rings is 1. The number of benzene rings is 1. The number of aromatic nitrogens is 1. The molecule has 0 aliphatic heterocycles. The number of halogens is 1. The summed E-state index contributed by atoms with van der Waals surface area (Å²) in [6, 6.07) is 10.7. The molecule has 0 unspecified atom stereocenters.